The first-order chi connectivity index (χ1) is 12.8. The van der Waals surface area contributed by atoms with Crippen LogP contribution in [0.3, 0.4) is 0 Å². The first-order valence-electron chi connectivity index (χ1n) is 9.16. The Kier molecular flexibility index (Phi) is 5.42. The topological polar surface area (TPSA) is 89.5 Å². The van der Waals surface area contributed by atoms with Crippen molar-refractivity contribution in [1.82, 2.24) is 5.32 Å². The zero-order valence-corrected chi connectivity index (χ0v) is 16.5. The highest BCUT2D eigenvalue weighted by Gasteiger charge is 2.60. The molecule has 1 aliphatic carbocycles. The second-order valence-electron chi connectivity index (χ2n) is 7.26. The van der Waals surface area contributed by atoms with Crippen molar-refractivity contribution in [1.29, 1.82) is 0 Å². The zero-order valence-electron chi connectivity index (χ0n) is 15.7. The molecule has 1 heterocycles. The van der Waals surface area contributed by atoms with Crippen molar-refractivity contribution in [3.05, 3.63) is 46.4 Å². The minimum Gasteiger partial charge on any atom is -0.468 e. The fraction of sp³-hybridized carbons (Fsp3) is 0.500. The van der Waals surface area contributed by atoms with E-state index in [-0.39, 0.29) is 23.5 Å². The number of amides is 1. The molecule has 0 unspecified atom stereocenters. The summed E-state index contributed by atoms with van der Waals surface area (Å²) in [7, 11) is -2.17. The van der Waals surface area contributed by atoms with Crippen LogP contribution in [0, 0.1) is 11.3 Å². The molecule has 1 aromatic carbocycles. The lowest BCUT2D eigenvalue weighted by Gasteiger charge is -2.38. The van der Waals surface area contributed by atoms with Crippen molar-refractivity contribution >= 4 is 21.7 Å². The van der Waals surface area contributed by atoms with Gasteiger partial charge in [0.05, 0.1) is 12.9 Å². The van der Waals surface area contributed by atoms with Gasteiger partial charge < -0.3 is 10.1 Å². The number of hydrogen-bond acceptors (Lipinski definition) is 5. The van der Waals surface area contributed by atoms with E-state index in [1.165, 1.54) is 7.11 Å². The van der Waals surface area contributed by atoms with E-state index < -0.39 is 33.0 Å². The van der Waals surface area contributed by atoms with Crippen LogP contribution < -0.4 is 5.32 Å². The van der Waals surface area contributed by atoms with Gasteiger partial charge in [0.1, 0.15) is 0 Å². The van der Waals surface area contributed by atoms with E-state index in [1.807, 2.05) is 30.3 Å². The van der Waals surface area contributed by atoms with E-state index in [4.69, 9.17) is 4.74 Å². The zero-order chi connectivity index (χ0) is 19.7. The van der Waals surface area contributed by atoms with Gasteiger partial charge in [-0.25, -0.2) is 8.42 Å². The largest absolute Gasteiger partial charge is 0.468 e. The Morgan fingerprint density at radius 1 is 1.26 bits per heavy atom. The lowest BCUT2D eigenvalue weighted by Crippen LogP contribution is -2.53. The van der Waals surface area contributed by atoms with Gasteiger partial charge >= 0.3 is 5.97 Å². The van der Waals surface area contributed by atoms with E-state index in [0.717, 1.165) is 11.1 Å². The monoisotopic (exact) mass is 391 g/mol. The molecule has 1 saturated heterocycles. The van der Waals surface area contributed by atoms with Crippen LogP contribution in [0.15, 0.2) is 40.8 Å². The molecule has 2 atom stereocenters. The third kappa shape index (κ3) is 3.40. The molecule has 0 aromatic heterocycles. The maximum absolute atomic E-state index is 13.1. The summed E-state index contributed by atoms with van der Waals surface area (Å²) in [6.45, 7) is 2.15. The summed E-state index contributed by atoms with van der Waals surface area (Å²) in [6, 6.07) is 9.72. The van der Waals surface area contributed by atoms with Crippen LogP contribution in [-0.2, 0) is 30.6 Å². The molecule has 3 rings (SSSR count). The quantitative estimate of drug-likeness (QED) is 0.613. The third-order valence-corrected chi connectivity index (χ3v) is 7.81. The fourth-order valence-electron chi connectivity index (χ4n) is 4.36. The Morgan fingerprint density at radius 3 is 2.63 bits per heavy atom. The fourth-order valence-corrected chi connectivity index (χ4v) is 6.51. The van der Waals surface area contributed by atoms with Gasteiger partial charge in [0.2, 0.25) is 5.91 Å². The number of fused-ring (bicyclic) bond motifs is 1. The highest BCUT2D eigenvalue weighted by Crippen LogP contribution is 2.52. The van der Waals surface area contributed by atoms with Crippen LogP contribution in [-0.4, -0.2) is 39.7 Å². The molecule has 1 aliphatic heterocycles. The van der Waals surface area contributed by atoms with Gasteiger partial charge in [-0.05, 0) is 38.2 Å². The minimum absolute atomic E-state index is 0.0274. The first-order valence-corrected chi connectivity index (χ1v) is 10.8. The number of nitrogens with one attached hydrogen (secondary N) is 1. The number of rotatable bonds is 5. The van der Waals surface area contributed by atoms with Gasteiger partial charge in [-0.3, -0.25) is 9.59 Å². The molecule has 1 amide bonds. The van der Waals surface area contributed by atoms with Gasteiger partial charge in [-0.2, -0.15) is 0 Å². The lowest BCUT2D eigenvalue weighted by atomic mass is 9.65. The third-order valence-electron chi connectivity index (χ3n) is 5.73. The van der Waals surface area contributed by atoms with Crippen molar-refractivity contribution in [3.8, 4) is 0 Å². The van der Waals surface area contributed by atoms with Crippen LogP contribution in [0.4, 0.5) is 0 Å². The highest BCUT2D eigenvalue weighted by molar-refractivity contribution is 7.95. The molecule has 0 bridgehead atoms. The molecule has 1 fully saturated rings. The summed E-state index contributed by atoms with van der Waals surface area (Å²) in [5.74, 6) is -1.75. The Bertz CT molecular complexity index is 875. The van der Waals surface area contributed by atoms with E-state index in [1.54, 1.807) is 6.92 Å². The van der Waals surface area contributed by atoms with Crippen molar-refractivity contribution in [2.24, 2.45) is 11.3 Å². The Balaban J connectivity index is 1.86. The molecule has 0 spiro atoms. The molecule has 27 heavy (non-hydrogen) atoms. The number of esters is 1. The second-order valence-corrected chi connectivity index (χ2v) is 9.34. The average molecular weight is 391 g/mol. The van der Waals surface area contributed by atoms with Crippen molar-refractivity contribution in [2.75, 3.05) is 19.4 Å². The van der Waals surface area contributed by atoms with E-state index >= 15 is 0 Å². The molecule has 1 N–H and O–H groups in total. The molecule has 0 radical (unpaired) electrons. The Hall–Kier alpha value is -2.15. The van der Waals surface area contributed by atoms with Gasteiger partial charge in [0.25, 0.3) is 0 Å². The maximum atomic E-state index is 13.1. The number of sulfone groups is 1. The number of methoxy groups -OCH3 is 1. The number of carbonyl (C=O) groups is 2. The van der Waals surface area contributed by atoms with Gasteiger partial charge in [-0.1, -0.05) is 35.9 Å². The SMILES string of the molecule is COC(=O)[C@]1(C(=O)NCCc2ccccc2)CCC(C)=C2[C@@H]1CCS2(=O)=O. The first kappa shape index (κ1) is 19.6. The van der Waals surface area contributed by atoms with Crippen molar-refractivity contribution < 1.29 is 22.7 Å². The molecule has 2 aliphatic rings. The second kappa shape index (κ2) is 7.46. The van der Waals surface area contributed by atoms with E-state index in [2.05, 4.69) is 5.32 Å². The van der Waals surface area contributed by atoms with Crippen molar-refractivity contribution in [3.63, 3.8) is 0 Å². The maximum Gasteiger partial charge on any atom is 0.322 e. The van der Waals surface area contributed by atoms with Crippen LogP contribution in [0.5, 0.6) is 0 Å². The predicted octanol–water partition coefficient (Wildman–Crippen LogP) is 2.01. The minimum atomic E-state index is -3.41. The molecule has 6 nitrogen and oxygen atoms in total. The normalized spacial score (nSPS) is 26.4. The number of hydrogen-bond donors (Lipinski definition) is 1. The molecular weight excluding hydrogens is 366 g/mol. The Labute approximate surface area is 159 Å². The predicted molar refractivity (Wildman–Crippen MR) is 101 cm³/mol. The molecule has 146 valence electrons. The van der Waals surface area contributed by atoms with Crippen LogP contribution in [0.25, 0.3) is 0 Å². The number of ether oxygens (including phenoxy) is 1. The summed E-state index contributed by atoms with van der Waals surface area (Å²) in [5, 5.41) is 2.85. The van der Waals surface area contributed by atoms with E-state index in [0.29, 0.717) is 19.4 Å². The lowest BCUT2D eigenvalue weighted by molar-refractivity contribution is -0.163. The molecule has 0 saturated carbocycles. The van der Waals surface area contributed by atoms with Crippen molar-refractivity contribution in [2.45, 2.75) is 32.6 Å². The average Bonchev–Trinajstić information content (AvgIpc) is 2.99. The van der Waals surface area contributed by atoms with Crippen LogP contribution in [0.2, 0.25) is 0 Å². The van der Waals surface area contributed by atoms with Gasteiger partial charge in [0, 0.05) is 17.4 Å². The van der Waals surface area contributed by atoms with Crippen LogP contribution >= 0.6 is 0 Å². The molecule has 1 aromatic rings. The van der Waals surface area contributed by atoms with Gasteiger partial charge in [0.15, 0.2) is 15.3 Å². The Morgan fingerprint density at radius 2 is 1.96 bits per heavy atom. The van der Waals surface area contributed by atoms with E-state index in [9.17, 15) is 18.0 Å². The van der Waals surface area contributed by atoms with Gasteiger partial charge in [-0.15, -0.1) is 0 Å². The molecular formula is C20H25NO5S. The number of benzene rings is 1. The smallest absolute Gasteiger partial charge is 0.322 e. The standard InChI is InChI=1S/C20H25NO5S/c1-14-8-11-20(19(23)26-2,16-10-13-27(24,25)17(14)16)18(22)21-12-9-15-6-4-3-5-7-15/h3-7,16H,8-13H2,1-2H3,(H,21,22)/t16-,20+/m0/s1. The summed E-state index contributed by atoms with van der Waals surface area (Å²) in [6.07, 6.45) is 1.57. The summed E-state index contributed by atoms with van der Waals surface area (Å²) < 4.78 is 29.9. The van der Waals surface area contributed by atoms with Crippen LogP contribution in [0.1, 0.15) is 31.7 Å². The summed E-state index contributed by atoms with van der Waals surface area (Å²) in [5.41, 5.74) is 0.367. The number of allylic oxidation sites excluding steroid dienone is 2. The molecule has 7 heteroatoms. The number of carbonyl (C=O) groups excluding carboxylic acids is 2. The summed E-state index contributed by atoms with van der Waals surface area (Å²) in [4.78, 5) is 26.1. The summed E-state index contributed by atoms with van der Waals surface area (Å²) >= 11 is 0. The highest BCUT2D eigenvalue weighted by atomic mass is 32.2.